The van der Waals surface area contributed by atoms with Gasteiger partial charge in [0, 0.05) is 5.82 Å². The Morgan fingerprint density at radius 1 is 0.700 bits per heavy atom. The molecule has 0 atom stereocenters. The van der Waals surface area contributed by atoms with Crippen molar-refractivity contribution in [1.29, 1.82) is 26.3 Å². The van der Waals surface area contributed by atoms with Crippen molar-refractivity contribution in [1.82, 2.24) is 9.97 Å². The first-order valence-electron chi connectivity index (χ1n) is 4.76. The van der Waals surface area contributed by atoms with Crippen molar-refractivity contribution in [2.24, 2.45) is 0 Å². The van der Waals surface area contributed by atoms with Crippen LogP contribution in [0, 0.1) is 56.7 Å². The van der Waals surface area contributed by atoms with E-state index < -0.39 is 0 Å². The Labute approximate surface area is 125 Å². The van der Waals surface area contributed by atoms with Crippen LogP contribution in [0.4, 0.5) is 0 Å². The van der Waals surface area contributed by atoms with Crippen molar-refractivity contribution in [3.63, 3.8) is 0 Å². The number of hydrogen-bond acceptors (Lipinski definition) is 6. The van der Waals surface area contributed by atoms with E-state index in [1.807, 2.05) is 0 Å². The van der Waals surface area contributed by atoms with Crippen LogP contribution in [0.3, 0.4) is 0 Å². The van der Waals surface area contributed by atoms with Gasteiger partial charge in [-0.1, -0.05) is 0 Å². The number of nitrogens with zero attached hydrogens (tertiary/aromatic N) is 7. The second kappa shape index (κ2) is 5.59. The molecule has 0 bridgehead atoms. The normalized spacial score (nSPS) is 8.35. The molecule has 0 radical (unpaired) electrons. The van der Waals surface area contributed by atoms with E-state index in [-0.39, 0.29) is 58.0 Å². The smallest absolute Gasteiger partial charge is 0.426 e. The number of imidazole rings is 1. The molecule has 0 N–H and O–H groups in total. The molecule has 0 amide bonds. The summed E-state index contributed by atoms with van der Waals surface area (Å²) in [4.78, 5) is 7.58. The van der Waals surface area contributed by atoms with Crippen molar-refractivity contribution < 1.29 is 18.9 Å². The SMILES string of the molecule is N#Cc1nc2c(C#N)c(C#N)c(C#N)c(C#N)c2[n-]1.[Li+]. The molecule has 0 aliphatic heterocycles. The van der Waals surface area contributed by atoms with Gasteiger partial charge in [0.25, 0.3) is 0 Å². The Morgan fingerprint density at radius 3 is 1.65 bits per heavy atom. The summed E-state index contributed by atoms with van der Waals surface area (Å²) in [5, 5.41) is 44.9. The standard InChI is InChI=1S/C12N7.Li/c13-1-6-7(2-14)9(4-16)12-11(8(6)3-15)18-10(5-17)19-12;/q-1;+1. The average Bonchev–Trinajstić information content (AvgIpc) is 2.87. The molecule has 0 fully saturated rings. The Bertz CT molecular complexity index is 850. The third-order valence-electron chi connectivity index (χ3n) is 2.43. The van der Waals surface area contributed by atoms with Crippen molar-refractivity contribution in [2.45, 2.75) is 0 Å². The molecule has 0 aliphatic rings. The fourth-order valence-corrected chi connectivity index (χ4v) is 1.67. The quantitative estimate of drug-likeness (QED) is 0.471. The number of fused-ring (bicyclic) bond motifs is 1. The van der Waals surface area contributed by atoms with Gasteiger partial charge in [0.2, 0.25) is 0 Å². The van der Waals surface area contributed by atoms with Crippen LogP contribution in [0.15, 0.2) is 0 Å². The van der Waals surface area contributed by atoms with Gasteiger partial charge in [0.15, 0.2) is 0 Å². The zero-order chi connectivity index (χ0) is 14.0. The Balaban J connectivity index is 0.00000200. The van der Waals surface area contributed by atoms with Gasteiger partial charge in [-0.2, -0.15) is 26.3 Å². The maximum atomic E-state index is 9.07. The molecule has 84 valence electrons. The van der Waals surface area contributed by atoms with E-state index in [0.29, 0.717) is 0 Å². The summed E-state index contributed by atoms with van der Waals surface area (Å²) >= 11 is 0. The summed E-state index contributed by atoms with van der Waals surface area (Å²) in [7, 11) is 0. The van der Waals surface area contributed by atoms with Crippen molar-refractivity contribution in [3.8, 4) is 30.3 Å². The van der Waals surface area contributed by atoms with Crippen molar-refractivity contribution in [3.05, 3.63) is 28.1 Å². The topological polar surface area (TPSA) is 146 Å². The van der Waals surface area contributed by atoms with E-state index in [1.165, 1.54) is 0 Å². The fraction of sp³-hybridized carbons (Fsp3) is 0. The maximum Gasteiger partial charge on any atom is 1.00 e. The molecule has 7 nitrogen and oxygen atoms in total. The van der Waals surface area contributed by atoms with Gasteiger partial charge >= 0.3 is 18.9 Å². The number of rotatable bonds is 0. The molecule has 1 aromatic heterocycles. The summed E-state index contributed by atoms with van der Waals surface area (Å²) in [6, 6.07) is 8.63. The van der Waals surface area contributed by atoms with Gasteiger partial charge in [-0.25, -0.2) is 0 Å². The van der Waals surface area contributed by atoms with Crippen LogP contribution in [0.1, 0.15) is 28.1 Å². The molecule has 20 heavy (non-hydrogen) atoms. The van der Waals surface area contributed by atoms with Crippen LogP contribution in [-0.4, -0.2) is 4.98 Å². The Morgan fingerprint density at radius 2 is 1.20 bits per heavy atom. The minimum absolute atomic E-state index is 0. The first-order chi connectivity index (χ1) is 9.21. The second-order valence-electron chi connectivity index (χ2n) is 3.30. The van der Waals surface area contributed by atoms with Crippen LogP contribution in [0.5, 0.6) is 0 Å². The Kier molecular flexibility index (Phi) is 4.13. The maximum absolute atomic E-state index is 9.07. The van der Waals surface area contributed by atoms with E-state index in [1.54, 1.807) is 30.3 Å². The number of nitriles is 5. The van der Waals surface area contributed by atoms with Crippen LogP contribution >= 0.6 is 0 Å². The third kappa shape index (κ3) is 1.85. The molecule has 1 heterocycles. The summed E-state index contributed by atoms with van der Waals surface area (Å²) < 4.78 is 0. The molecule has 0 spiro atoms. The molecule has 1 aromatic carbocycles. The average molecular weight is 249 g/mol. The molecule has 2 rings (SSSR count). The van der Waals surface area contributed by atoms with Gasteiger partial charge in [-0.15, -0.1) is 0 Å². The fourth-order valence-electron chi connectivity index (χ4n) is 1.67. The van der Waals surface area contributed by atoms with E-state index in [2.05, 4.69) is 9.97 Å². The predicted molar refractivity (Wildman–Crippen MR) is 58.6 cm³/mol. The van der Waals surface area contributed by atoms with Crippen molar-refractivity contribution in [2.75, 3.05) is 0 Å². The molecular weight excluding hydrogens is 249 g/mol. The first kappa shape index (κ1) is 14.8. The minimum atomic E-state index is -0.224. The molecule has 2 aromatic rings. The second-order valence-corrected chi connectivity index (χ2v) is 3.30. The number of aromatic nitrogens is 2. The zero-order valence-electron chi connectivity index (χ0n) is 10.1. The number of benzene rings is 1. The minimum Gasteiger partial charge on any atom is -0.426 e. The molecule has 0 saturated heterocycles. The van der Waals surface area contributed by atoms with E-state index in [0.717, 1.165) is 0 Å². The molecule has 0 aliphatic carbocycles. The van der Waals surface area contributed by atoms with E-state index in [4.69, 9.17) is 26.3 Å². The monoisotopic (exact) mass is 249 g/mol. The van der Waals surface area contributed by atoms with Crippen LogP contribution in [-0.2, 0) is 0 Å². The van der Waals surface area contributed by atoms with Crippen LogP contribution in [0.2, 0.25) is 0 Å². The molecule has 0 saturated carbocycles. The van der Waals surface area contributed by atoms with Crippen LogP contribution in [0.25, 0.3) is 11.0 Å². The Hall–Kier alpha value is -3.26. The van der Waals surface area contributed by atoms with Crippen LogP contribution < -0.4 is 23.8 Å². The molecule has 0 unspecified atom stereocenters. The summed E-state index contributed by atoms with van der Waals surface area (Å²) in [6.45, 7) is 0. The summed E-state index contributed by atoms with van der Waals surface area (Å²) in [5.74, 6) is -0.220. The van der Waals surface area contributed by atoms with Gasteiger partial charge in [-0.3, -0.25) is 0 Å². The third-order valence-corrected chi connectivity index (χ3v) is 2.43. The first-order valence-corrected chi connectivity index (χ1v) is 4.76. The van der Waals surface area contributed by atoms with Gasteiger partial charge < -0.3 is 9.97 Å². The summed E-state index contributed by atoms with van der Waals surface area (Å²) in [6.07, 6.45) is 0. The largest absolute Gasteiger partial charge is 1.00 e. The van der Waals surface area contributed by atoms with E-state index >= 15 is 0 Å². The van der Waals surface area contributed by atoms with Gasteiger partial charge in [-0.05, 0) is 11.0 Å². The van der Waals surface area contributed by atoms with Gasteiger partial charge in [0.05, 0.1) is 28.3 Å². The predicted octanol–water partition coefficient (Wildman–Crippen LogP) is -2.45. The number of hydrogen-bond donors (Lipinski definition) is 0. The summed E-state index contributed by atoms with van der Waals surface area (Å²) in [5.41, 5.74) is -0.765. The molecule has 8 heteroatoms. The van der Waals surface area contributed by atoms with E-state index in [9.17, 15) is 0 Å². The van der Waals surface area contributed by atoms with Gasteiger partial charge in [0.1, 0.15) is 24.3 Å². The van der Waals surface area contributed by atoms with Crippen molar-refractivity contribution >= 4 is 11.0 Å². The zero-order valence-corrected chi connectivity index (χ0v) is 10.1. The molecular formula is C12LiN7.